The van der Waals surface area contributed by atoms with Gasteiger partial charge in [-0.05, 0) is 61.4 Å². The van der Waals surface area contributed by atoms with Crippen LogP contribution < -0.4 is 9.47 Å². The van der Waals surface area contributed by atoms with Crippen molar-refractivity contribution in [1.82, 2.24) is 15.1 Å². The predicted octanol–water partition coefficient (Wildman–Crippen LogP) is 3.77. The molecule has 2 aromatic carbocycles. The molecule has 3 aromatic rings. The number of benzene rings is 2. The highest BCUT2D eigenvalue weighted by atomic mass is 16.5. The standard InChI is InChI=1S/C22H23N3O4/c1-27-18-9-5-15(6-10-18)20-23-24-21(29-20)17-4-3-13-25(14-17)22(26)16-7-11-19(28-2)12-8-16/h5-12,17H,3-4,13-14H2,1-2H3/t17-/m0/s1. The topological polar surface area (TPSA) is 77.7 Å². The van der Waals surface area contributed by atoms with E-state index in [2.05, 4.69) is 10.2 Å². The lowest BCUT2D eigenvalue weighted by Crippen LogP contribution is -2.39. The van der Waals surface area contributed by atoms with Crippen LogP contribution in [0.15, 0.2) is 52.9 Å². The molecule has 0 radical (unpaired) electrons. The number of hydrogen-bond donors (Lipinski definition) is 0. The molecule has 1 fully saturated rings. The molecule has 1 aliphatic rings. The van der Waals surface area contributed by atoms with E-state index in [0.29, 0.717) is 23.9 Å². The predicted molar refractivity (Wildman–Crippen MR) is 107 cm³/mol. The average Bonchev–Trinajstić information content (AvgIpc) is 3.29. The molecule has 0 bridgehead atoms. The molecule has 1 atom stereocenters. The van der Waals surface area contributed by atoms with E-state index < -0.39 is 0 Å². The minimum Gasteiger partial charge on any atom is -0.497 e. The zero-order valence-corrected chi connectivity index (χ0v) is 16.5. The Morgan fingerprint density at radius 2 is 1.66 bits per heavy atom. The zero-order chi connectivity index (χ0) is 20.2. The maximum atomic E-state index is 12.9. The number of nitrogens with zero attached hydrogens (tertiary/aromatic N) is 3. The minimum absolute atomic E-state index is 0.00671. The maximum absolute atomic E-state index is 12.9. The Morgan fingerprint density at radius 1 is 1.00 bits per heavy atom. The summed E-state index contributed by atoms with van der Waals surface area (Å²) in [7, 11) is 3.23. The lowest BCUT2D eigenvalue weighted by atomic mass is 9.97. The van der Waals surface area contributed by atoms with E-state index in [-0.39, 0.29) is 11.8 Å². The third-order valence-corrected chi connectivity index (χ3v) is 5.17. The first-order chi connectivity index (χ1) is 14.2. The van der Waals surface area contributed by atoms with E-state index >= 15 is 0 Å². The normalized spacial score (nSPS) is 16.5. The second-order valence-corrected chi connectivity index (χ2v) is 6.99. The highest BCUT2D eigenvalue weighted by Crippen LogP contribution is 2.30. The van der Waals surface area contributed by atoms with Gasteiger partial charge in [0, 0.05) is 24.2 Å². The Morgan fingerprint density at radius 3 is 2.31 bits per heavy atom. The Bertz CT molecular complexity index is 966. The van der Waals surface area contributed by atoms with Gasteiger partial charge in [-0.3, -0.25) is 4.79 Å². The first-order valence-electron chi connectivity index (χ1n) is 9.59. The SMILES string of the molecule is COc1ccc(C(=O)N2CCC[C@H](c3nnc(-c4ccc(OC)cc4)o3)C2)cc1. The molecular weight excluding hydrogens is 370 g/mol. The fourth-order valence-corrected chi connectivity index (χ4v) is 3.53. The molecule has 1 aliphatic heterocycles. The van der Waals surface area contributed by atoms with Crippen LogP contribution in [0.25, 0.3) is 11.5 Å². The third-order valence-electron chi connectivity index (χ3n) is 5.17. The van der Waals surface area contributed by atoms with Gasteiger partial charge in [0.15, 0.2) is 0 Å². The molecule has 0 saturated carbocycles. The molecule has 1 saturated heterocycles. The van der Waals surface area contributed by atoms with Crippen molar-refractivity contribution in [3.63, 3.8) is 0 Å². The second kappa shape index (κ2) is 8.34. The van der Waals surface area contributed by atoms with Crippen LogP contribution in [0.1, 0.15) is 35.0 Å². The molecule has 1 amide bonds. The molecule has 7 nitrogen and oxygen atoms in total. The Kier molecular flexibility index (Phi) is 5.46. The van der Waals surface area contributed by atoms with Gasteiger partial charge in [0.25, 0.3) is 5.91 Å². The Hall–Kier alpha value is -3.35. The van der Waals surface area contributed by atoms with Crippen LogP contribution in [0.3, 0.4) is 0 Å². The molecular formula is C22H23N3O4. The second-order valence-electron chi connectivity index (χ2n) is 6.99. The molecule has 0 spiro atoms. The highest BCUT2D eigenvalue weighted by molar-refractivity contribution is 5.94. The van der Waals surface area contributed by atoms with Crippen molar-refractivity contribution in [3.05, 3.63) is 60.0 Å². The fourth-order valence-electron chi connectivity index (χ4n) is 3.53. The van der Waals surface area contributed by atoms with Gasteiger partial charge in [0.1, 0.15) is 11.5 Å². The molecule has 4 rings (SSSR count). The maximum Gasteiger partial charge on any atom is 0.253 e. The number of carbonyl (C=O) groups is 1. The molecule has 2 heterocycles. The molecule has 29 heavy (non-hydrogen) atoms. The van der Waals surface area contributed by atoms with Gasteiger partial charge in [-0.1, -0.05) is 0 Å². The molecule has 0 unspecified atom stereocenters. The summed E-state index contributed by atoms with van der Waals surface area (Å²) in [5.41, 5.74) is 1.49. The summed E-state index contributed by atoms with van der Waals surface area (Å²) in [6.07, 6.45) is 1.81. The number of piperidine rings is 1. The summed E-state index contributed by atoms with van der Waals surface area (Å²) in [6.45, 7) is 1.29. The van der Waals surface area contributed by atoms with Crippen molar-refractivity contribution in [2.45, 2.75) is 18.8 Å². The van der Waals surface area contributed by atoms with E-state index in [4.69, 9.17) is 13.9 Å². The van der Waals surface area contributed by atoms with E-state index in [1.807, 2.05) is 29.2 Å². The number of rotatable bonds is 5. The van der Waals surface area contributed by atoms with E-state index in [1.165, 1.54) is 0 Å². The van der Waals surface area contributed by atoms with Gasteiger partial charge < -0.3 is 18.8 Å². The van der Waals surface area contributed by atoms with E-state index in [0.717, 1.165) is 36.4 Å². The monoisotopic (exact) mass is 393 g/mol. The molecule has 0 N–H and O–H groups in total. The van der Waals surface area contributed by atoms with Crippen LogP contribution in [0.2, 0.25) is 0 Å². The van der Waals surface area contributed by atoms with Crippen molar-refractivity contribution in [3.8, 4) is 23.0 Å². The van der Waals surface area contributed by atoms with E-state index in [9.17, 15) is 4.79 Å². The molecule has 0 aliphatic carbocycles. The zero-order valence-electron chi connectivity index (χ0n) is 16.5. The van der Waals surface area contributed by atoms with Crippen molar-refractivity contribution in [2.24, 2.45) is 0 Å². The summed E-state index contributed by atoms with van der Waals surface area (Å²) in [5.74, 6) is 2.59. The van der Waals surface area contributed by atoms with Gasteiger partial charge in [-0.15, -0.1) is 10.2 Å². The van der Waals surface area contributed by atoms with Crippen LogP contribution in [-0.4, -0.2) is 48.3 Å². The lowest BCUT2D eigenvalue weighted by molar-refractivity contribution is 0.0698. The minimum atomic E-state index is 0.00671. The van der Waals surface area contributed by atoms with Crippen molar-refractivity contribution in [2.75, 3.05) is 27.3 Å². The first-order valence-corrected chi connectivity index (χ1v) is 9.59. The third kappa shape index (κ3) is 4.08. The van der Waals surface area contributed by atoms with Crippen LogP contribution in [-0.2, 0) is 0 Å². The summed E-state index contributed by atoms with van der Waals surface area (Å²) in [4.78, 5) is 14.7. The fraction of sp³-hybridized carbons (Fsp3) is 0.318. The van der Waals surface area contributed by atoms with Crippen molar-refractivity contribution in [1.29, 1.82) is 0 Å². The van der Waals surface area contributed by atoms with Gasteiger partial charge >= 0.3 is 0 Å². The first kappa shape index (κ1) is 19.0. The molecule has 150 valence electrons. The van der Waals surface area contributed by atoms with E-state index in [1.54, 1.807) is 38.5 Å². The summed E-state index contributed by atoms with van der Waals surface area (Å²) >= 11 is 0. The number of ether oxygens (including phenoxy) is 2. The summed E-state index contributed by atoms with van der Waals surface area (Å²) in [6, 6.07) is 14.7. The van der Waals surface area contributed by atoms with Crippen LogP contribution in [0.4, 0.5) is 0 Å². The van der Waals surface area contributed by atoms with Gasteiger partial charge in [-0.2, -0.15) is 0 Å². The Labute approximate surface area is 169 Å². The van der Waals surface area contributed by atoms with Crippen LogP contribution in [0.5, 0.6) is 11.5 Å². The Balaban J connectivity index is 1.46. The lowest BCUT2D eigenvalue weighted by Gasteiger charge is -2.31. The van der Waals surface area contributed by atoms with Crippen LogP contribution >= 0.6 is 0 Å². The van der Waals surface area contributed by atoms with Crippen molar-refractivity contribution < 1.29 is 18.7 Å². The van der Waals surface area contributed by atoms with Gasteiger partial charge in [0.2, 0.25) is 11.8 Å². The molecule has 7 heteroatoms. The average molecular weight is 393 g/mol. The number of carbonyl (C=O) groups excluding carboxylic acids is 1. The smallest absolute Gasteiger partial charge is 0.253 e. The quantitative estimate of drug-likeness (QED) is 0.657. The summed E-state index contributed by atoms with van der Waals surface area (Å²) < 4.78 is 16.3. The highest BCUT2D eigenvalue weighted by Gasteiger charge is 2.29. The summed E-state index contributed by atoms with van der Waals surface area (Å²) in [5, 5.41) is 8.44. The number of amides is 1. The number of hydrogen-bond acceptors (Lipinski definition) is 6. The largest absolute Gasteiger partial charge is 0.497 e. The van der Waals surface area contributed by atoms with Gasteiger partial charge in [-0.25, -0.2) is 0 Å². The van der Waals surface area contributed by atoms with Crippen molar-refractivity contribution >= 4 is 5.91 Å². The van der Waals surface area contributed by atoms with Gasteiger partial charge in [0.05, 0.1) is 20.1 Å². The number of aromatic nitrogens is 2. The number of methoxy groups -OCH3 is 2. The number of likely N-dealkylation sites (tertiary alicyclic amines) is 1. The molecule has 1 aromatic heterocycles. The van der Waals surface area contributed by atoms with Crippen LogP contribution in [0, 0.1) is 0 Å².